The summed E-state index contributed by atoms with van der Waals surface area (Å²) in [5.41, 5.74) is 2.29. The molecule has 146 valence electrons. The van der Waals surface area contributed by atoms with E-state index in [1.807, 2.05) is 24.3 Å². The summed E-state index contributed by atoms with van der Waals surface area (Å²) >= 11 is 6.10. The molecule has 0 radical (unpaired) electrons. The van der Waals surface area contributed by atoms with Gasteiger partial charge in [-0.2, -0.15) is 5.10 Å². The summed E-state index contributed by atoms with van der Waals surface area (Å²) in [6.07, 6.45) is 4.55. The normalized spacial score (nSPS) is 10.8. The summed E-state index contributed by atoms with van der Waals surface area (Å²) in [5.74, 6) is -0.741. The number of para-hydroxylation sites is 1. The number of carbonyl (C=O) groups is 2. The summed E-state index contributed by atoms with van der Waals surface area (Å²) in [4.78, 5) is 28.8. The standard InChI is InChI=1S/C20H16ClN5O3/c1-29-20(28)15-9-25(17-5-3-2-4-14(15)17)10-19(27)24-16-8-13(21)6-7-18(16)26-12-22-11-23-26/h2-9,11-12H,10H2,1H3,(H,24,27). The van der Waals surface area contributed by atoms with Gasteiger partial charge in [-0.3, -0.25) is 4.79 Å². The second-order valence-corrected chi connectivity index (χ2v) is 6.67. The van der Waals surface area contributed by atoms with Crippen LogP contribution in [0.4, 0.5) is 5.69 Å². The van der Waals surface area contributed by atoms with Gasteiger partial charge < -0.3 is 14.6 Å². The largest absolute Gasteiger partial charge is 0.465 e. The Morgan fingerprint density at radius 3 is 2.79 bits per heavy atom. The maximum Gasteiger partial charge on any atom is 0.340 e. The summed E-state index contributed by atoms with van der Waals surface area (Å²) < 4.78 is 8.08. The molecular weight excluding hydrogens is 394 g/mol. The van der Waals surface area contributed by atoms with E-state index in [4.69, 9.17) is 16.3 Å². The minimum atomic E-state index is -0.455. The number of amides is 1. The van der Waals surface area contributed by atoms with E-state index >= 15 is 0 Å². The molecule has 2 heterocycles. The van der Waals surface area contributed by atoms with Gasteiger partial charge in [-0.1, -0.05) is 29.8 Å². The first-order valence-electron chi connectivity index (χ1n) is 8.67. The molecule has 2 aromatic heterocycles. The highest BCUT2D eigenvalue weighted by Gasteiger charge is 2.17. The molecule has 4 rings (SSSR count). The van der Waals surface area contributed by atoms with E-state index in [1.54, 1.807) is 29.0 Å². The zero-order valence-electron chi connectivity index (χ0n) is 15.4. The zero-order chi connectivity index (χ0) is 20.4. The van der Waals surface area contributed by atoms with E-state index in [2.05, 4.69) is 15.4 Å². The van der Waals surface area contributed by atoms with Crippen molar-refractivity contribution >= 4 is 40.1 Å². The third-order valence-electron chi connectivity index (χ3n) is 4.41. The third-order valence-corrected chi connectivity index (χ3v) is 4.64. The van der Waals surface area contributed by atoms with Crippen molar-refractivity contribution in [1.29, 1.82) is 0 Å². The second kappa shape index (κ2) is 7.76. The molecule has 0 aliphatic heterocycles. The van der Waals surface area contributed by atoms with Crippen LogP contribution < -0.4 is 5.32 Å². The van der Waals surface area contributed by atoms with E-state index in [9.17, 15) is 9.59 Å². The number of esters is 1. The molecule has 1 N–H and O–H groups in total. The lowest BCUT2D eigenvalue weighted by atomic mass is 10.2. The number of fused-ring (bicyclic) bond motifs is 1. The Bertz CT molecular complexity index is 1200. The number of anilines is 1. The number of nitrogens with one attached hydrogen (secondary N) is 1. The molecule has 0 atom stereocenters. The Kier molecular flexibility index (Phi) is 5.01. The van der Waals surface area contributed by atoms with Crippen molar-refractivity contribution in [2.45, 2.75) is 6.54 Å². The van der Waals surface area contributed by atoms with Crippen LogP contribution in [0, 0.1) is 0 Å². The van der Waals surface area contributed by atoms with Gasteiger partial charge in [0.1, 0.15) is 19.2 Å². The molecule has 0 spiro atoms. The summed E-state index contributed by atoms with van der Waals surface area (Å²) in [7, 11) is 1.33. The van der Waals surface area contributed by atoms with Crippen LogP contribution in [-0.4, -0.2) is 38.3 Å². The van der Waals surface area contributed by atoms with Crippen LogP contribution in [0.3, 0.4) is 0 Å². The van der Waals surface area contributed by atoms with E-state index in [0.717, 1.165) is 10.9 Å². The van der Waals surface area contributed by atoms with Crippen LogP contribution in [0.25, 0.3) is 16.6 Å². The lowest BCUT2D eigenvalue weighted by molar-refractivity contribution is -0.116. The maximum atomic E-state index is 12.8. The molecule has 29 heavy (non-hydrogen) atoms. The van der Waals surface area contributed by atoms with Gasteiger partial charge >= 0.3 is 5.97 Å². The predicted octanol–water partition coefficient (Wildman–Crippen LogP) is 3.30. The highest BCUT2D eigenvalue weighted by molar-refractivity contribution is 6.31. The molecule has 0 saturated heterocycles. The Morgan fingerprint density at radius 2 is 2.03 bits per heavy atom. The maximum absolute atomic E-state index is 12.8. The predicted molar refractivity (Wildman–Crippen MR) is 108 cm³/mol. The van der Waals surface area contributed by atoms with Crippen molar-refractivity contribution < 1.29 is 14.3 Å². The molecule has 0 bridgehead atoms. The van der Waals surface area contributed by atoms with Crippen molar-refractivity contribution in [3.63, 3.8) is 0 Å². The van der Waals surface area contributed by atoms with E-state index in [0.29, 0.717) is 22.0 Å². The quantitative estimate of drug-likeness (QED) is 0.511. The zero-order valence-corrected chi connectivity index (χ0v) is 16.1. The molecular formula is C20H16ClN5O3. The van der Waals surface area contributed by atoms with Gasteiger partial charge in [0.15, 0.2) is 0 Å². The Morgan fingerprint density at radius 1 is 1.21 bits per heavy atom. The van der Waals surface area contributed by atoms with Crippen LogP contribution in [0.5, 0.6) is 0 Å². The molecule has 8 nitrogen and oxygen atoms in total. The fourth-order valence-electron chi connectivity index (χ4n) is 3.14. The third kappa shape index (κ3) is 3.70. The van der Waals surface area contributed by atoms with E-state index in [-0.39, 0.29) is 12.5 Å². The van der Waals surface area contributed by atoms with Crippen molar-refractivity contribution in [2.24, 2.45) is 0 Å². The lowest BCUT2D eigenvalue weighted by Crippen LogP contribution is -2.19. The van der Waals surface area contributed by atoms with Crippen molar-refractivity contribution in [1.82, 2.24) is 19.3 Å². The van der Waals surface area contributed by atoms with Crippen LogP contribution in [0.1, 0.15) is 10.4 Å². The van der Waals surface area contributed by atoms with Crippen LogP contribution in [0.2, 0.25) is 5.02 Å². The van der Waals surface area contributed by atoms with Crippen LogP contribution in [0.15, 0.2) is 61.3 Å². The average molecular weight is 410 g/mol. The number of halogens is 1. The first-order chi connectivity index (χ1) is 14.1. The fourth-order valence-corrected chi connectivity index (χ4v) is 3.31. The average Bonchev–Trinajstić information content (AvgIpc) is 3.36. The highest BCUT2D eigenvalue weighted by atomic mass is 35.5. The molecule has 9 heteroatoms. The molecule has 0 aliphatic rings. The van der Waals surface area contributed by atoms with Gasteiger partial charge in [0.2, 0.25) is 5.91 Å². The van der Waals surface area contributed by atoms with E-state index in [1.165, 1.54) is 24.4 Å². The van der Waals surface area contributed by atoms with Crippen molar-refractivity contribution in [3.05, 3.63) is 71.9 Å². The molecule has 1 amide bonds. The van der Waals surface area contributed by atoms with Gasteiger partial charge in [-0.05, 0) is 24.3 Å². The lowest BCUT2D eigenvalue weighted by Gasteiger charge is -2.12. The number of hydrogen-bond acceptors (Lipinski definition) is 5. The Hall–Kier alpha value is -3.65. The summed E-state index contributed by atoms with van der Waals surface area (Å²) in [5, 5.41) is 8.15. The molecule has 4 aromatic rings. The number of nitrogens with zero attached hydrogens (tertiary/aromatic N) is 4. The van der Waals surface area contributed by atoms with E-state index < -0.39 is 5.97 Å². The Labute approximate surface area is 170 Å². The smallest absolute Gasteiger partial charge is 0.340 e. The molecule has 2 aromatic carbocycles. The summed E-state index contributed by atoms with van der Waals surface area (Å²) in [6, 6.07) is 12.4. The van der Waals surface area contributed by atoms with Gasteiger partial charge in [0.25, 0.3) is 0 Å². The number of rotatable bonds is 5. The topological polar surface area (TPSA) is 91.0 Å². The van der Waals surface area contributed by atoms with Gasteiger partial charge in [0.05, 0.1) is 24.0 Å². The van der Waals surface area contributed by atoms with Gasteiger partial charge in [0, 0.05) is 22.1 Å². The number of carbonyl (C=O) groups excluding carboxylic acids is 2. The van der Waals surface area contributed by atoms with Crippen molar-refractivity contribution in [3.8, 4) is 5.69 Å². The number of hydrogen-bond donors (Lipinski definition) is 1. The minimum Gasteiger partial charge on any atom is -0.465 e. The Balaban J connectivity index is 1.64. The SMILES string of the molecule is COC(=O)c1cn(CC(=O)Nc2cc(Cl)ccc2-n2cncn2)c2ccccc12. The second-order valence-electron chi connectivity index (χ2n) is 6.23. The fraction of sp³-hybridized carbons (Fsp3) is 0.100. The number of methoxy groups -OCH3 is 1. The molecule has 0 aliphatic carbocycles. The first kappa shape index (κ1) is 18.7. The van der Waals surface area contributed by atoms with Crippen LogP contribution in [-0.2, 0) is 16.1 Å². The number of ether oxygens (including phenoxy) is 1. The highest BCUT2D eigenvalue weighted by Crippen LogP contribution is 2.25. The van der Waals surface area contributed by atoms with Gasteiger partial charge in [-0.15, -0.1) is 0 Å². The van der Waals surface area contributed by atoms with Gasteiger partial charge in [-0.25, -0.2) is 14.5 Å². The minimum absolute atomic E-state index is 0.000812. The van der Waals surface area contributed by atoms with Crippen molar-refractivity contribution in [2.75, 3.05) is 12.4 Å². The molecule has 0 fully saturated rings. The summed E-state index contributed by atoms with van der Waals surface area (Å²) in [6.45, 7) is 0.000812. The number of aromatic nitrogens is 4. The first-order valence-corrected chi connectivity index (χ1v) is 9.05. The monoisotopic (exact) mass is 409 g/mol. The molecule has 0 saturated carbocycles. The van der Waals surface area contributed by atoms with Crippen LogP contribution >= 0.6 is 11.6 Å². The molecule has 0 unspecified atom stereocenters. The number of benzene rings is 2.